The monoisotopic (exact) mass is 218 g/mol. The molecule has 0 amide bonds. The number of aromatic nitrogens is 1. The van der Waals surface area contributed by atoms with E-state index >= 15 is 0 Å². The summed E-state index contributed by atoms with van der Waals surface area (Å²) in [5.41, 5.74) is 2.47. The zero-order chi connectivity index (χ0) is 11.1. The Balaban J connectivity index is 1.93. The van der Waals surface area contributed by atoms with Gasteiger partial charge in [-0.15, -0.1) is 0 Å². The first kappa shape index (κ1) is 9.94. The first-order valence-electron chi connectivity index (χ1n) is 6.08. The molecule has 16 heavy (non-hydrogen) atoms. The molecule has 0 aromatic carbocycles. The molecular weight excluding hydrogens is 200 g/mol. The summed E-state index contributed by atoms with van der Waals surface area (Å²) in [6.45, 7) is 2.32. The van der Waals surface area contributed by atoms with Crippen molar-refractivity contribution in [3.05, 3.63) is 17.8 Å². The van der Waals surface area contributed by atoms with Crippen LogP contribution < -0.4 is 10.1 Å². The highest BCUT2D eigenvalue weighted by Crippen LogP contribution is 2.43. The van der Waals surface area contributed by atoms with Crippen molar-refractivity contribution in [3.8, 4) is 5.88 Å². The van der Waals surface area contributed by atoms with Crippen molar-refractivity contribution in [2.24, 2.45) is 11.8 Å². The molecular formula is C13H18N2O. The fourth-order valence-corrected chi connectivity index (χ4v) is 2.79. The third-order valence-electron chi connectivity index (χ3n) is 3.80. The highest BCUT2D eigenvalue weighted by molar-refractivity contribution is 5.57. The van der Waals surface area contributed by atoms with Crippen LogP contribution in [0.4, 0.5) is 5.69 Å². The molecule has 3 rings (SSSR count). The second-order valence-electron chi connectivity index (χ2n) is 5.04. The molecule has 0 bridgehead atoms. The van der Waals surface area contributed by atoms with Gasteiger partial charge in [0.15, 0.2) is 0 Å². The topological polar surface area (TPSA) is 34.1 Å². The van der Waals surface area contributed by atoms with Gasteiger partial charge < -0.3 is 10.1 Å². The van der Waals surface area contributed by atoms with Crippen molar-refractivity contribution in [1.82, 2.24) is 4.98 Å². The first-order chi connectivity index (χ1) is 7.79. The van der Waals surface area contributed by atoms with Gasteiger partial charge in [0.25, 0.3) is 0 Å². The Morgan fingerprint density at radius 1 is 1.44 bits per heavy atom. The molecule has 3 nitrogen and oxygen atoms in total. The van der Waals surface area contributed by atoms with Crippen LogP contribution in [0.3, 0.4) is 0 Å². The Bertz CT molecular complexity index is 401. The third-order valence-corrected chi connectivity index (χ3v) is 3.80. The number of ether oxygens (including phenoxy) is 1. The van der Waals surface area contributed by atoms with Crippen molar-refractivity contribution >= 4 is 5.69 Å². The maximum Gasteiger partial charge on any atom is 0.218 e. The smallest absolute Gasteiger partial charge is 0.218 e. The minimum atomic E-state index is 0.652. The van der Waals surface area contributed by atoms with Crippen LogP contribution in [0.5, 0.6) is 5.88 Å². The number of nitrogens with zero attached hydrogens (tertiary/aromatic N) is 1. The maximum atomic E-state index is 5.32. The molecule has 0 saturated heterocycles. The van der Waals surface area contributed by atoms with E-state index in [4.69, 9.17) is 4.74 Å². The van der Waals surface area contributed by atoms with Gasteiger partial charge in [-0.3, -0.25) is 0 Å². The van der Waals surface area contributed by atoms with Crippen LogP contribution in [0.25, 0.3) is 0 Å². The van der Waals surface area contributed by atoms with E-state index in [0.29, 0.717) is 12.0 Å². The van der Waals surface area contributed by atoms with E-state index in [-0.39, 0.29) is 0 Å². The first-order valence-corrected chi connectivity index (χ1v) is 6.08. The van der Waals surface area contributed by atoms with Gasteiger partial charge in [0.05, 0.1) is 7.11 Å². The minimum absolute atomic E-state index is 0.652. The molecule has 0 radical (unpaired) electrons. The average Bonchev–Trinajstić information content (AvgIpc) is 3.11. The number of anilines is 1. The van der Waals surface area contributed by atoms with Crippen LogP contribution in [0, 0.1) is 11.8 Å². The van der Waals surface area contributed by atoms with E-state index in [9.17, 15) is 0 Å². The molecule has 1 unspecified atom stereocenters. The van der Waals surface area contributed by atoms with Gasteiger partial charge in [0.2, 0.25) is 5.88 Å². The Labute approximate surface area is 96.2 Å². The molecule has 1 aliphatic heterocycles. The van der Waals surface area contributed by atoms with Crippen LogP contribution in [-0.2, 0) is 6.42 Å². The number of rotatable bonds is 2. The standard InChI is InChI=1S/C13H18N2O/c1-8-7-10-11(5-6-14-13(10)16-2)15-12(8)9-3-4-9/h5-6,8-9,12,15H,3-4,7H2,1-2H3/t8?,12-/m1/s1. The van der Waals surface area contributed by atoms with Crippen LogP contribution >= 0.6 is 0 Å². The van der Waals surface area contributed by atoms with Gasteiger partial charge in [0, 0.05) is 23.5 Å². The molecule has 1 fully saturated rings. The van der Waals surface area contributed by atoms with Gasteiger partial charge in [0.1, 0.15) is 0 Å². The van der Waals surface area contributed by atoms with Gasteiger partial charge in [-0.05, 0) is 37.2 Å². The van der Waals surface area contributed by atoms with E-state index in [1.807, 2.05) is 6.20 Å². The minimum Gasteiger partial charge on any atom is -0.481 e. The van der Waals surface area contributed by atoms with Crippen molar-refractivity contribution in [1.29, 1.82) is 0 Å². The number of pyridine rings is 1. The number of nitrogens with one attached hydrogen (secondary N) is 1. The largest absolute Gasteiger partial charge is 0.481 e. The lowest BCUT2D eigenvalue weighted by Gasteiger charge is -2.33. The number of methoxy groups -OCH3 is 1. The Hall–Kier alpha value is -1.25. The lowest BCUT2D eigenvalue weighted by molar-refractivity contribution is 0.374. The molecule has 86 valence electrons. The molecule has 2 heterocycles. The molecule has 1 aromatic rings. The normalized spacial score (nSPS) is 28.1. The molecule has 0 spiro atoms. The summed E-state index contributed by atoms with van der Waals surface area (Å²) in [4.78, 5) is 4.27. The molecule has 1 aromatic heterocycles. The quantitative estimate of drug-likeness (QED) is 0.828. The zero-order valence-electron chi connectivity index (χ0n) is 9.86. The lowest BCUT2D eigenvalue weighted by Crippen LogP contribution is -2.35. The second kappa shape index (κ2) is 3.65. The van der Waals surface area contributed by atoms with Crippen molar-refractivity contribution < 1.29 is 4.74 Å². The molecule has 1 aliphatic carbocycles. The average molecular weight is 218 g/mol. The van der Waals surface area contributed by atoms with Gasteiger partial charge in [-0.25, -0.2) is 4.98 Å². The maximum absolute atomic E-state index is 5.32. The van der Waals surface area contributed by atoms with E-state index in [1.165, 1.54) is 24.1 Å². The van der Waals surface area contributed by atoms with E-state index in [0.717, 1.165) is 18.2 Å². The molecule has 3 heteroatoms. The van der Waals surface area contributed by atoms with Gasteiger partial charge >= 0.3 is 0 Å². The van der Waals surface area contributed by atoms with Gasteiger partial charge in [-0.1, -0.05) is 6.92 Å². The highest BCUT2D eigenvalue weighted by atomic mass is 16.5. The number of fused-ring (bicyclic) bond motifs is 1. The van der Waals surface area contributed by atoms with Gasteiger partial charge in [-0.2, -0.15) is 0 Å². The third kappa shape index (κ3) is 1.55. The summed E-state index contributed by atoms with van der Waals surface area (Å²) in [6.07, 6.45) is 5.68. The summed E-state index contributed by atoms with van der Waals surface area (Å²) in [5.74, 6) is 2.35. The molecule has 2 aliphatic rings. The van der Waals surface area contributed by atoms with Crippen LogP contribution in [0.15, 0.2) is 12.3 Å². The predicted molar refractivity (Wildman–Crippen MR) is 63.8 cm³/mol. The summed E-state index contributed by atoms with van der Waals surface area (Å²) in [5, 5.41) is 3.66. The fraction of sp³-hybridized carbons (Fsp3) is 0.615. The summed E-state index contributed by atoms with van der Waals surface area (Å²) < 4.78 is 5.32. The fourth-order valence-electron chi connectivity index (χ4n) is 2.79. The second-order valence-corrected chi connectivity index (χ2v) is 5.04. The zero-order valence-corrected chi connectivity index (χ0v) is 9.86. The van der Waals surface area contributed by atoms with Crippen molar-refractivity contribution in [2.45, 2.75) is 32.2 Å². The summed E-state index contributed by atoms with van der Waals surface area (Å²) in [6, 6.07) is 2.72. The van der Waals surface area contributed by atoms with Crippen molar-refractivity contribution in [3.63, 3.8) is 0 Å². The highest BCUT2D eigenvalue weighted by Gasteiger charge is 2.38. The Morgan fingerprint density at radius 3 is 2.94 bits per heavy atom. The van der Waals surface area contributed by atoms with E-state index < -0.39 is 0 Å². The molecule has 1 N–H and O–H groups in total. The number of hydrogen-bond donors (Lipinski definition) is 1. The SMILES string of the molecule is COc1nccc2c1CC(C)[C@H](C1CC1)N2. The van der Waals surface area contributed by atoms with E-state index in [1.54, 1.807) is 7.11 Å². The summed E-state index contributed by atoms with van der Waals surface area (Å²) in [7, 11) is 1.69. The summed E-state index contributed by atoms with van der Waals surface area (Å²) >= 11 is 0. The Kier molecular flexibility index (Phi) is 2.27. The van der Waals surface area contributed by atoms with Crippen molar-refractivity contribution in [2.75, 3.05) is 12.4 Å². The molecule has 1 saturated carbocycles. The Morgan fingerprint density at radius 2 is 2.25 bits per heavy atom. The van der Waals surface area contributed by atoms with Crippen LogP contribution in [-0.4, -0.2) is 18.1 Å². The predicted octanol–water partition coefficient (Wildman–Crippen LogP) is 2.47. The lowest BCUT2D eigenvalue weighted by atomic mass is 9.86. The number of hydrogen-bond acceptors (Lipinski definition) is 3. The van der Waals surface area contributed by atoms with Crippen LogP contribution in [0.1, 0.15) is 25.3 Å². The molecule has 2 atom stereocenters. The van der Waals surface area contributed by atoms with E-state index in [2.05, 4.69) is 23.3 Å². The van der Waals surface area contributed by atoms with Crippen LogP contribution in [0.2, 0.25) is 0 Å².